The van der Waals surface area contributed by atoms with Crippen molar-refractivity contribution in [3.8, 4) is 0 Å². The third-order valence-corrected chi connectivity index (χ3v) is 5.91. The Morgan fingerprint density at radius 3 is 2.44 bits per heavy atom. The highest BCUT2D eigenvalue weighted by molar-refractivity contribution is 6.30. The van der Waals surface area contributed by atoms with Crippen molar-refractivity contribution in [1.82, 2.24) is 14.7 Å². The van der Waals surface area contributed by atoms with Crippen LogP contribution >= 0.6 is 11.6 Å². The molecular formula is C22H18ClN5O4. The topological polar surface area (TPSA) is 96.8 Å². The standard InChI is InChI=1S/C22H18ClN5O4/c1-25-19-18(20(31)27(22(25)32)12-17(29)30)26-11-16(13-5-3-2-4-6-13)28(21(26)24-19)15-9-7-14(23)8-10-15/h2-11,18-19H,12H2,1H3,(H,29,30). The van der Waals surface area contributed by atoms with Crippen LogP contribution in [0.3, 0.4) is 0 Å². The van der Waals surface area contributed by atoms with Crippen molar-refractivity contribution in [3.63, 3.8) is 0 Å². The highest BCUT2D eigenvalue weighted by atomic mass is 35.5. The average molecular weight is 452 g/mol. The molecule has 0 radical (unpaired) electrons. The van der Waals surface area contributed by atoms with Gasteiger partial charge in [-0.1, -0.05) is 41.9 Å². The van der Waals surface area contributed by atoms with E-state index in [2.05, 4.69) is 0 Å². The number of aliphatic imine (C=N–C) groups is 1. The zero-order chi connectivity index (χ0) is 22.6. The van der Waals surface area contributed by atoms with Gasteiger partial charge in [0.05, 0.1) is 5.70 Å². The van der Waals surface area contributed by atoms with E-state index in [1.54, 1.807) is 17.0 Å². The number of rotatable bonds is 4. The van der Waals surface area contributed by atoms with Crippen molar-refractivity contribution in [2.24, 2.45) is 4.99 Å². The van der Waals surface area contributed by atoms with Gasteiger partial charge in [-0.05, 0) is 24.3 Å². The summed E-state index contributed by atoms with van der Waals surface area (Å²) in [5.74, 6) is -1.38. The van der Waals surface area contributed by atoms with Gasteiger partial charge in [-0.15, -0.1) is 0 Å². The van der Waals surface area contributed by atoms with Gasteiger partial charge in [0.2, 0.25) is 5.96 Å². The second-order valence-electron chi connectivity index (χ2n) is 7.60. The summed E-state index contributed by atoms with van der Waals surface area (Å²) in [7, 11) is 1.52. The summed E-state index contributed by atoms with van der Waals surface area (Å²) in [6.45, 7) is -0.704. The number of benzene rings is 2. The number of urea groups is 1. The average Bonchev–Trinajstić information content (AvgIpc) is 3.33. The number of likely N-dealkylation sites (N-methyl/N-ethyl adjacent to an activating group) is 1. The Bertz CT molecular complexity index is 1180. The van der Waals surface area contributed by atoms with E-state index in [4.69, 9.17) is 16.6 Å². The van der Waals surface area contributed by atoms with Crippen LogP contribution in [0.5, 0.6) is 0 Å². The van der Waals surface area contributed by atoms with Crippen molar-refractivity contribution in [2.45, 2.75) is 12.2 Å². The predicted octanol–water partition coefficient (Wildman–Crippen LogP) is 2.50. The van der Waals surface area contributed by atoms with Gasteiger partial charge >= 0.3 is 12.0 Å². The van der Waals surface area contributed by atoms with Crippen molar-refractivity contribution in [3.05, 3.63) is 71.4 Å². The molecule has 2 unspecified atom stereocenters. The molecule has 1 N–H and O–H groups in total. The van der Waals surface area contributed by atoms with Crippen LogP contribution in [0.1, 0.15) is 5.56 Å². The molecular weight excluding hydrogens is 434 g/mol. The number of carboxylic acids is 1. The molecule has 9 nitrogen and oxygen atoms in total. The molecule has 2 aromatic carbocycles. The molecule has 10 heteroatoms. The molecule has 0 saturated carbocycles. The lowest BCUT2D eigenvalue weighted by Gasteiger charge is -2.39. The maximum atomic E-state index is 13.2. The summed E-state index contributed by atoms with van der Waals surface area (Å²) in [6, 6.07) is 15.3. The molecule has 32 heavy (non-hydrogen) atoms. The number of carbonyl (C=O) groups excluding carboxylic acids is 2. The molecule has 2 atom stereocenters. The number of aliphatic carboxylic acids is 1. The first-order chi connectivity index (χ1) is 15.4. The number of nitrogens with zero attached hydrogens (tertiary/aromatic N) is 5. The molecule has 1 fully saturated rings. The number of halogens is 1. The number of guanidine groups is 1. The summed E-state index contributed by atoms with van der Waals surface area (Å²) in [5, 5.41) is 9.77. The zero-order valence-electron chi connectivity index (χ0n) is 16.9. The van der Waals surface area contributed by atoms with E-state index in [-0.39, 0.29) is 0 Å². The molecule has 3 aliphatic heterocycles. The molecule has 1 saturated heterocycles. The molecule has 0 aromatic heterocycles. The third kappa shape index (κ3) is 3.01. The smallest absolute Gasteiger partial charge is 0.328 e. The Balaban J connectivity index is 1.61. The van der Waals surface area contributed by atoms with E-state index in [1.807, 2.05) is 53.6 Å². The molecule has 162 valence electrons. The van der Waals surface area contributed by atoms with Crippen molar-refractivity contribution < 1.29 is 19.5 Å². The number of hydrogen-bond acceptors (Lipinski definition) is 6. The van der Waals surface area contributed by atoms with Gasteiger partial charge in [0.15, 0.2) is 12.2 Å². The van der Waals surface area contributed by atoms with Crippen LogP contribution in [0.4, 0.5) is 10.5 Å². The van der Waals surface area contributed by atoms with Crippen LogP contribution < -0.4 is 4.90 Å². The summed E-state index contributed by atoms with van der Waals surface area (Å²) in [6.07, 6.45) is 1.05. The number of fused-ring (bicyclic) bond motifs is 3. The molecule has 3 aliphatic rings. The fourth-order valence-corrected chi connectivity index (χ4v) is 4.30. The minimum atomic E-state index is -1.26. The zero-order valence-corrected chi connectivity index (χ0v) is 17.7. The number of carboxylic acid groups (broad SMARTS) is 1. The van der Waals surface area contributed by atoms with Gasteiger partial charge in [0, 0.05) is 29.5 Å². The van der Waals surface area contributed by atoms with Crippen LogP contribution in [-0.4, -0.2) is 69.5 Å². The lowest BCUT2D eigenvalue weighted by atomic mass is 10.1. The molecule has 0 aliphatic carbocycles. The predicted molar refractivity (Wildman–Crippen MR) is 118 cm³/mol. The van der Waals surface area contributed by atoms with Crippen LogP contribution in [0.2, 0.25) is 5.02 Å². The van der Waals surface area contributed by atoms with E-state index in [0.717, 1.165) is 21.8 Å². The monoisotopic (exact) mass is 451 g/mol. The van der Waals surface area contributed by atoms with Gasteiger partial charge in [0.1, 0.15) is 6.54 Å². The Hall–Kier alpha value is -3.85. The highest BCUT2D eigenvalue weighted by Crippen LogP contribution is 2.40. The molecule has 0 bridgehead atoms. The summed E-state index contributed by atoms with van der Waals surface area (Å²) >= 11 is 6.08. The second-order valence-corrected chi connectivity index (χ2v) is 8.04. The van der Waals surface area contributed by atoms with Crippen molar-refractivity contribution in [2.75, 3.05) is 18.5 Å². The Kier molecular flexibility index (Phi) is 4.63. The van der Waals surface area contributed by atoms with E-state index in [9.17, 15) is 19.5 Å². The summed E-state index contributed by atoms with van der Waals surface area (Å²) in [4.78, 5) is 47.5. The molecule has 2 aromatic rings. The van der Waals surface area contributed by atoms with E-state index in [0.29, 0.717) is 11.0 Å². The number of anilines is 1. The third-order valence-electron chi connectivity index (χ3n) is 5.66. The first-order valence-corrected chi connectivity index (χ1v) is 10.2. The Morgan fingerprint density at radius 1 is 1.09 bits per heavy atom. The SMILES string of the molecule is CN1C(=O)N(CC(=O)O)C(=O)C2C1N=C1N(c3ccc(Cl)cc3)C(c3ccccc3)=CN12. The van der Waals surface area contributed by atoms with Gasteiger partial charge in [-0.3, -0.25) is 24.3 Å². The van der Waals surface area contributed by atoms with Crippen molar-refractivity contribution >= 4 is 46.9 Å². The first-order valence-electron chi connectivity index (χ1n) is 9.86. The Morgan fingerprint density at radius 2 is 1.78 bits per heavy atom. The number of amides is 3. The summed E-state index contributed by atoms with van der Waals surface area (Å²) < 4.78 is 0. The molecule has 3 amide bonds. The molecule has 5 rings (SSSR count). The minimum Gasteiger partial charge on any atom is -0.480 e. The second kappa shape index (κ2) is 7.38. The van der Waals surface area contributed by atoms with Gasteiger partial charge in [0.25, 0.3) is 5.91 Å². The molecule has 0 spiro atoms. The number of carbonyl (C=O) groups is 3. The van der Waals surface area contributed by atoms with Crippen LogP contribution in [0.15, 0.2) is 65.8 Å². The number of imide groups is 1. The largest absolute Gasteiger partial charge is 0.480 e. The number of hydrogen-bond donors (Lipinski definition) is 1. The Labute approximate surface area is 188 Å². The maximum absolute atomic E-state index is 13.2. The van der Waals surface area contributed by atoms with Crippen LogP contribution in [0, 0.1) is 0 Å². The van der Waals surface area contributed by atoms with E-state index in [1.165, 1.54) is 11.9 Å². The van der Waals surface area contributed by atoms with Gasteiger partial charge in [-0.2, -0.15) is 0 Å². The van der Waals surface area contributed by atoms with Crippen LogP contribution in [-0.2, 0) is 9.59 Å². The van der Waals surface area contributed by atoms with Gasteiger partial charge in [-0.25, -0.2) is 9.79 Å². The lowest BCUT2D eigenvalue weighted by molar-refractivity contribution is -0.146. The quantitative estimate of drug-likeness (QED) is 0.767. The fraction of sp³-hybridized carbons (Fsp3) is 0.182. The fourth-order valence-electron chi connectivity index (χ4n) is 4.17. The molecule has 3 heterocycles. The van der Waals surface area contributed by atoms with E-state index < -0.39 is 36.7 Å². The first kappa shape index (κ1) is 20.1. The normalized spacial score (nSPS) is 22.1. The lowest BCUT2D eigenvalue weighted by Crippen LogP contribution is -2.64. The minimum absolute atomic E-state index is 0.478. The highest BCUT2D eigenvalue weighted by Gasteiger charge is 2.55. The summed E-state index contributed by atoms with van der Waals surface area (Å²) in [5.41, 5.74) is 2.49. The van der Waals surface area contributed by atoms with Crippen LogP contribution in [0.25, 0.3) is 5.70 Å². The van der Waals surface area contributed by atoms with Gasteiger partial charge < -0.3 is 10.0 Å². The maximum Gasteiger partial charge on any atom is 0.328 e. The van der Waals surface area contributed by atoms with Crippen molar-refractivity contribution in [1.29, 1.82) is 0 Å². The van der Waals surface area contributed by atoms with E-state index >= 15 is 0 Å².